The van der Waals surface area contributed by atoms with Gasteiger partial charge in [0.05, 0.1) is 22.0 Å². The van der Waals surface area contributed by atoms with Gasteiger partial charge in [-0.1, -0.05) is 23.2 Å². The van der Waals surface area contributed by atoms with Gasteiger partial charge in [-0.3, -0.25) is 9.59 Å². The van der Waals surface area contributed by atoms with Crippen molar-refractivity contribution in [3.63, 3.8) is 0 Å². The molecule has 0 saturated heterocycles. The van der Waals surface area contributed by atoms with Gasteiger partial charge in [-0.25, -0.2) is 0 Å². The lowest BCUT2D eigenvalue weighted by Crippen LogP contribution is -2.36. The summed E-state index contributed by atoms with van der Waals surface area (Å²) in [6.07, 6.45) is -0.368. The molecule has 7 heteroatoms. The highest BCUT2D eigenvalue weighted by Gasteiger charge is 2.48. The second-order valence-corrected chi connectivity index (χ2v) is 7.27. The van der Waals surface area contributed by atoms with E-state index in [1.807, 2.05) is 13.0 Å². The Bertz CT molecular complexity index is 802. The molecular formula is C15H11Cl2NO3S. The van der Waals surface area contributed by atoms with Crippen LogP contribution >= 0.6 is 34.5 Å². The second-order valence-electron chi connectivity index (χ2n) is 5.13. The third-order valence-electron chi connectivity index (χ3n) is 3.52. The normalized spacial score (nSPS) is 19.9. The molecule has 0 radical (unpaired) electrons. The summed E-state index contributed by atoms with van der Waals surface area (Å²) < 4.78 is 0. The van der Waals surface area contributed by atoms with E-state index in [4.69, 9.17) is 23.2 Å². The molecule has 2 aromatic rings. The zero-order chi connectivity index (χ0) is 16.1. The lowest BCUT2D eigenvalue weighted by atomic mass is 9.89. The van der Waals surface area contributed by atoms with E-state index in [-0.39, 0.29) is 22.8 Å². The van der Waals surface area contributed by atoms with E-state index in [2.05, 4.69) is 5.32 Å². The molecular weight excluding hydrogens is 345 g/mol. The average Bonchev–Trinajstić information content (AvgIpc) is 2.93. The van der Waals surface area contributed by atoms with E-state index in [1.165, 1.54) is 23.5 Å². The highest BCUT2D eigenvalue weighted by Crippen LogP contribution is 2.44. The molecule has 0 aliphatic carbocycles. The monoisotopic (exact) mass is 355 g/mol. The molecule has 1 atom stereocenters. The maximum absolute atomic E-state index is 12.4. The van der Waals surface area contributed by atoms with Crippen molar-refractivity contribution < 1.29 is 14.7 Å². The molecule has 3 rings (SSSR count). The molecule has 0 spiro atoms. The Kier molecular flexibility index (Phi) is 3.77. The van der Waals surface area contributed by atoms with Gasteiger partial charge in [0.1, 0.15) is 0 Å². The first-order chi connectivity index (χ1) is 10.3. The number of thiophene rings is 1. The number of ketones is 1. The molecule has 0 bridgehead atoms. The van der Waals surface area contributed by atoms with Crippen LogP contribution in [0.1, 0.15) is 26.5 Å². The van der Waals surface area contributed by atoms with Crippen molar-refractivity contribution >= 4 is 51.9 Å². The quantitative estimate of drug-likeness (QED) is 0.823. The molecule has 0 saturated carbocycles. The average molecular weight is 356 g/mol. The maximum Gasteiger partial charge on any atom is 0.261 e. The minimum atomic E-state index is -1.98. The lowest BCUT2D eigenvalue weighted by molar-refractivity contribution is -0.133. The zero-order valence-electron chi connectivity index (χ0n) is 11.4. The number of rotatable bonds is 3. The minimum Gasteiger partial charge on any atom is -0.375 e. The van der Waals surface area contributed by atoms with Crippen LogP contribution in [0.5, 0.6) is 0 Å². The van der Waals surface area contributed by atoms with Crippen LogP contribution in [0.25, 0.3) is 0 Å². The van der Waals surface area contributed by atoms with E-state index in [9.17, 15) is 14.7 Å². The Morgan fingerprint density at radius 1 is 1.36 bits per heavy atom. The zero-order valence-corrected chi connectivity index (χ0v) is 13.8. The van der Waals surface area contributed by atoms with Gasteiger partial charge in [0.2, 0.25) is 0 Å². The van der Waals surface area contributed by atoms with E-state index in [0.717, 1.165) is 4.88 Å². The van der Waals surface area contributed by atoms with Gasteiger partial charge < -0.3 is 10.4 Å². The van der Waals surface area contributed by atoms with E-state index in [1.54, 1.807) is 6.07 Å². The Morgan fingerprint density at radius 2 is 2.09 bits per heavy atom. The first-order valence-corrected chi connectivity index (χ1v) is 8.01. The Balaban J connectivity index is 2.00. The number of amides is 1. The van der Waals surface area contributed by atoms with Crippen molar-refractivity contribution in [1.29, 1.82) is 0 Å². The standard InChI is InChI=1S/C15H11Cl2NO3S/c1-7-2-3-12(22-7)11(19)6-15(21)13-9(17)4-8(16)5-10(13)18-14(15)20/h2-5,21H,6H2,1H3,(H,18,20). The molecule has 1 aromatic heterocycles. The highest BCUT2D eigenvalue weighted by molar-refractivity contribution is 7.14. The van der Waals surface area contributed by atoms with Crippen molar-refractivity contribution in [3.05, 3.63) is 49.6 Å². The van der Waals surface area contributed by atoms with Crippen LogP contribution in [0.4, 0.5) is 5.69 Å². The number of aryl methyl sites for hydroxylation is 1. The lowest BCUT2D eigenvalue weighted by Gasteiger charge is -2.20. The fourth-order valence-electron chi connectivity index (χ4n) is 2.50. The first kappa shape index (κ1) is 15.5. The first-order valence-electron chi connectivity index (χ1n) is 6.44. The third-order valence-corrected chi connectivity index (χ3v) is 5.08. The number of hydrogen-bond acceptors (Lipinski definition) is 4. The fourth-order valence-corrected chi connectivity index (χ4v) is 3.96. The molecule has 2 N–H and O–H groups in total. The smallest absolute Gasteiger partial charge is 0.261 e. The summed E-state index contributed by atoms with van der Waals surface area (Å²) in [6, 6.07) is 6.44. The number of fused-ring (bicyclic) bond motifs is 1. The molecule has 114 valence electrons. The van der Waals surface area contributed by atoms with Gasteiger partial charge in [0.15, 0.2) is 11.4 Å². The van der Waals surface area contributed by atoms with E-state index < -0.39 is 11.5 Å². The van der Waals surface area contributed by atoms with Crippen LogP contribution in [-0.2, 0) is 10.4 Å². The van der Waals surface area contributed by atoms with Crippen molar-refractivity contribution in [2.24, 2.45) is 0 Å². The molecule has 1 aliphatic heterocycles. The van der Waals surface area contributed by atoms with Crippen molar-refractivity contribution in [3.8, 4) is 0 Å². The van der Waals surface area contributed by atoms with Gasteiger partial charge in [-0.15, -0.1) is 11.3 Å². The summed E-state index contributed by atoms with van der Waals surface area (Å²) >= 11 is 13.3. The molecule has 1 amide bonds. The third kappa shape index (κ3) is 2.44. The number of hydrogen-bond donors (Lipinski definition) is 2. The summed E-state index contributed by atoms with van der Waals surface area (Å²) in [5.41, 5.74) is -1.45. The fraction of sp³-hybridized carbons (Fsp3) is 0.200. The Labute approximate surface area is 140 Å². The highest BCUT2D eigenvalue weighted by atomic mass is 35.5. The predicted molar refractivity (Wildman–Crippen MR) is 87.0 cm³/mol. The van der Waals surface area contributed by atoms with Crippen LogP contribution in [-0.4, -0.2) is 16.8 Å². The van der Waals surface area contributed by atoms with Gasteiger partial charge >= 0.3 is 0 Å². The number of carbonyl (C=O) groups excluding carboxylic acids is 2. The maximum atomic E-state index is 12.4. The number of nitrogens with one attached hydrogen (secondary N) is 1. The molecule has 22 heavy (non-hydrogen) atoms. The van der Waals surface area contributed by atoms with Crippen molar-refractivity contribution in [1.82, 2.24) is 0 Å². The largest absolute Gasteiger partial charge is 0.375 e. The number of Topliss-reactive ketones (excluding diaryl/α,β-unsaturated/α-hetero) is 1. The van der Waals surface area contributed by atoms with E-state index >= 15 is 0 Å². The summed E-state index contributed by atoms with van der Waals surface area (Å²) in [5.74, 6) is -0.983. The Morgan fingerprint density at radius 3 is 2.73 bits per heavy atom. The van der Waals surface area contributed by atoms with Gasteiger partial charge in [-0.05, 0) is 31.2 Å². The number of carbonyl (C=O) groups is 2. The SMILES string of the molecule is Cc1ccc(C(=O)CC2(O)C(=O)Nc3cc(Cl)cc(Cl)c32)s1. The van der Waals surface area contributed by atoms with Gasteiger partial charge in [-0.2, -0.15) is 0 Å². The van der Waals surface area contributed by atoms with Crippen LogP contribution in [0, 0.1) is 6.92 Å². The summed E-state index contributed by atoms with van der Waals surface area (Å²) in [6.45, 7) is 1.88. The van der Waals surface area contributed by atoms with Crippen molar-refractivity contribution in [2.45, 2.75) is 18.9 Å². The van der Waals surface area contributed by atoms with Crippen LogP contribution in [0.15, 0.2) is 24.3 Å². The molecule has 1 aliphatic rings. The van der Waals surface area contributed by atoms with E-state index in [0.29, 0.717) is 15.6 Å². The summed E-state index contributed by atoms with van der Waals surface area (Å²) in [4.78, 5) is 26.0. The molecule has 4 nitrogen and oxygen atoms in total. The van der Waals surface area contributed by atoms with Crippen LogP contribution in [0.3, 0.4) is 0 Å². The van der Waals surface area contributed by atoms with Crippen LogP contribution in [0.2, 0.25) is 10.0 Å². The number of anilines is 1. The Hall–Kier alpha value is -1.40. The van der Waals surface area contributed by atoms with Crippen molar-refractivity contribution in [2.75, 3.05) is 5.32 Å². The second kappa shape index (κ2) is 5.35. The number of halogens is 2. The van der Waals surface area contributed by atoms with Crippen LogP contribution < -0.4 is 5.32 Å². The summed E-state index contributed by atoms with van der Waals surface area (Å²) in [7, 11) is 0. The summed E-state index contributed by atoms with van der Waals surface area (Å²) in [5, 5.41) is 13.8. The molecule has 2 heterocycles. The topological polar surface area (TPSA) is 66.4 Å². The minimum absolute atomic E-state index is 0.151. The van der Waals surface area contributed by atoms with Gasteiger partial charge in [0.25, 0.3) is 5.91 Å². The molecule has 1 aromatic carbocycles. The molecule has 0 fully saturated rings. The number of benzene rings is 1. The predicted octanol–water partition coefficient (Wildman–Crippen LogP) is 3.78. The van der Waals surface area contributed by atoms with Gasteiger partial charge in [0, 0.05) is 15.5 Å². The molecule has 1 unspecified atom stereocenters. The number of aliphatic hydroxyl groups is 1.